The lowest BCUT2D eigenvalue weighted by molar-refractivity contribution is -0.161. The topological polar surface area (TPSA) is 105 Å². The minimum atomic E-state index is -1.31. The summed E-state index contributed by atoms with van der Waals surface area (Å²) in [5.41, 5.74) is 3.37. The fourth-order valence-corrected chi connectivity index (χ4v) is 5.02. The Morgan fingerprint density at radius 3 is 2.31 bits per heavy atom. The van der Waals surface area contributed by atoms with E-state index in [9.17, 15) is 19.5 Å². The summed E-state index contributed by atoms with van der Waals surface area (Å²) in [5, 5.41) is 12.2. The minimum Gasteiger partial charge on any atom is -0.479 e. The van der Waals surface area contributed by atoms with Gasteiger partial charge in [-0.25, -0.2) is 9.59 Å². The van der Waals surface area contributed by atoms with Crippen LogP contribution in [-0.4, -0.2) is 66.9 Å². The summed E-state index contributed by atoms with van der Waals surface area (Å²) in [4.78, 5) is 38.0. The van der Waals surface area contributed by atoms with Crippen LogP contribution in [0.2, 0.25) is 0 Å². The molecule has 8 heteroatoms. The van der Waals surface area contributed by atoms with Gasteiger partial charge in [-0.1, -0.05) is 55.5 Å². The molecule has 1 fully saturated rings. The Labute approximate surface area is 205 Å². The van der Waals surface area contributed by atoms with Gasteiger partial charge in [0.1, 0.15) is 6.61 Å². The van der Waals surface area contributed by atoms with E-state index in [2.05, 4.69) is 29.6 Å². The Hall–Kier alpha value is -3.39. The van der Waals surface area contributed by atoms with Crippen LogP contribution >= 0.6 is 0 Å². The van der Waals surface area contributed by atoms with Crippen molar-refractivity contribution in [2.24, 2.45) is 5.92 Å². The molecule has 2 aromatic carbocycles. The van der Waals surface area contributed by atoms with Crippen molar-refractivity contribution in [2.75, 3.05) is 33.4 Å². The third-order valence-electron chi connectivity index (χ3n) is 7.14. The number of carboxylic acid groups (broad SMARTS) is 1. The van der Waals surface area contributed by atoms with Crippen LogP contribution < -0.4 is 5.32 Å². The maximum absolute atomic E-state index is 12.6. The van der Waals surface area contributed by atoms with Crippen molar-refractivity contribution in [3.8, 4) is 11.1 Å². The third kappa shape index (κ3) is 5.17. The Morgan fingerprint density at radius 1 is 1.11 bits per heavy atom. The van der Waals surface area contributed by atoms with Crippen molar-refractivity contribution >= 4 is 18.0 Å². The molecule has 2 atom stereocenters. The maximum atomic E-state index is 12.6. The van der Waals surface area contributed by atoms with Gasteiger partial charge < -0.3 is 24.8 Å². The predicted molar refractivity (Wildman–Crippen MR) is 130 cm³/mol. The molecule has 1 heterocycles. The predicted octanol–water partition coefficient (Wildman–Crippen LogP) is 3.64. The van der Waals surface area contributed by atoms with Gasteiger partial charge in [-0.15, -0.1) is 0 Å². The number of ether oxygens (including phenoxy) is 2. The van der Waals surface area contributed by atoms with Crippen LogP contribution in [-0.2, 0) is 19.1 Å². The molecule has 35 heavy (non-hydrogen) atoms. The molecule has 1 aliphatic heterocycles. The van der Waals surface area contributed by atoms with E-state index in [0.29, 0.717) is 19.5 Å². The van der Waals surface area contributed by atoms with Crippen LogP contribution in [0, 0.1) is 5.92 Å². The molecule has 2 unspecified atom stereocenters. The lowest BCUT2D eigenvalue weighted by atomic mass is 9.98. The Balaban J connectivity index is 1.20. The van der Waals surface area contributed by atoms with Crippen molar-refractivity contribution in [2.45, 2.75) is 37.7 Å². The van der Waals surface area contributed by atoms with Gasteiger partial charge in [0.25, 0.3) is 0 Å². The first-order valence-electron chi connectivity index (χ1n) is 12.0. The van der Waals surface area contributed by atoms with Crippen molar-refractivity contribution in [1.82, 2.24) is 10.2 Å². The number of carbonyl (C=O) groups excluding carboxylic acids is 2. The van der Waals surface area contributed by atoms with E-state index >= 15 is 0 Å². The minimum absolute atomic E-state index is 0.00942. The van der Waals surface area contributed by atoms with Gasteiger partial charge >= 0.3 is 12.1 Å². The molecule has 2 amide bonds. The molecule has 0 radical (unpaired) electrons. The van der Waals surface area contributed by atoms with Crippen LogP contribution in [0.15, 0.2) is 48.5 Å². The maximum Gasteiger partial charge on any atom is 0.407 e. The number of amides is 2. The molecule has 2 aromatic rings. The number of nitrogens with zero attached hydrogens (tertiary/aromatic N) is 1. The number of nitrogens with one attached hydrogen (secondary N) is 1. The number of alkyl carbamates (subject to hydrolysis) is 1. The fraction of sp³-hybridized carbons (Fsp3) is 0.444. The molecule has 8 nitrogen and oxygen atoms in total. The van der Waals surface area contributed by atoms with Crippen molar-refractivity contribution in [3.05, 3.63) is 59.7 Å². The molecule has 0 bridgehead atoms. The van der Waals surface area contributed by atoms with Gasteiger partial charge in [0, 0.05) is 39.0 Å². The highest BCUT2D eigenvalue weighted by atomic mass is 16.5. The van der Waals surface area contributed by atoms with Gasteiger partial charge in [0.05, 0.1) is 6.54 Å². The summed E-state index contributed by atoms with van der Waals surface area (Å²) in [6, 6.07) is 16.4. The fourth-order valence-electron chi connectivity index (χ4n) is 5.02. The van der Waals surface area contributed by atoms with Crippen LogP contribution in [0.3, 0.4) is 0 Å². The second-order valence-corrected chi connectivity index (χ2v) is 9.42. The standard InChI is InChI=1S/C27H32N2O6/c1-18(15-24(30)29-14-12-27(17-29,34-2)25(31)32)11-13-28-26(33)35-16-23-21-9-5-3-7-19(21)20-8-4-6-10-22(20)23/h3-10,18,23H,11-17H2,1-2H3,(H,28,33)(H,31,32). The lowest BCUT2D eigenvalue weighted by Crippen LogP contribution is -2.44. The number of likely N-dealkylation sites (tertiary alicyclic amines) is 1. The summed E-state index contributed by atoms with van der Waals surface area (Å²) in [6.45, 7) is 3.01. The van der Waals surface area contributed by atoms with Crippen LogP contribution in [0.5, 0.6) is 0 Å². The zero-order valence-corrected chi connectivity index (χ0v) is 20.2. The van der Waals surface area contributed by atoms with Gasteiger partial charge in [-0.2, -0.15) is 0 Å². The Bertz CT molecular complexity index is 1060. The number of rotatable bonds is 9. The molecule has 0 aromatic heterocycles. The highest BCUT2D eigenvalue weighted by Crippen LogP contribution is 2.44. The van der Waals surface area contributed by atoms with Crippen molar-refractivity contribution in [1.29, 1.82) is 0 Å². The number of methoxy groups -OCH3 is 1. The Kier molecular flexibility index (Phi) is 7.40. The quantitative estimate of drug-likeness (QED) is 0.568. The lowest BCUT2D eigenvalue weighted by Gasteiger charge is -2.24. The molecule has 2 N–H and O–H groups in total. The van der Waals surface area contributed by atoms with E-state index in [1.165, 1.54) is 18.2 Å². The normalized spacial score (nSPS) is 19.7. The SMILES string of the molecule is COC1(C(=O)O)CCN(C(=O)CC(C)CCNC(=O)OCC2c3ccccc3-c3ccccc32)C1. The van der Waals surface area contributed by atoms with Gasteiger partial charge in [-0.3, -0.25) is 4.79 Å². The number of aliphatic carboxylic acids is 1. The zero-order chi connectivity index (χ0) is 25.0. The summed E-state index contributed by atoms with van der Waals surface area (Å²) in [7, 11) is 1.36. The van der Waals surface area contributed by atoms with Crippen LogP contribution in [0.25, 0.3) is 11.1 Å². The number of carboxylic acids is 1. The molecule has 1 aliphatic carbocycles. The number of hydrogen-bond acceptors (Lipinski definition) is 5. The summed E-state index contributed by atoms with van der Waals surface area (Å²) >= 11 is 0. The highest BCUT2D eigenvalue weighted by molar-refractivity contribution is 5.82. The zero-order valence-electron chi connectivity index (χ0n) is 20.2. The van der Waals surface area contributed by atoms with E-state index in [-0.39, 0.29) is 43.7 Å². The first kappa shape index (κ1) is 24.7. The van der Waals surface area contributed by atoms with E-state index in [0.717, 1.165) is 11.1 Å². The molecule has 4 rings (SSSR count). The monoisotopic (exact) mass is 480 g/mol. The molecule has 0 saturated carbocycles. The highest BCUT2D eigenvalue weighted by Gasteiger charge is 2.46. The van der Waals surface area contributed by atoms with Crippen molar-refractivity contribution in [3.63, 3.8) is 0 Å². The van der Waals surface area contributed by atoms with Gasteiger partial charge in [0.2, 0.25) is 5.91 Å². The second-order valence-electron chi connectivity index (χ2n) is 9.42. The second kappa shape index (κ2) is 10.5. The largest absolute Gasteiger partial charge is 0.479 e. The first-order chi connectivity index (χ1) is 16.8. The number of benzene rings is 2. The summed E-state index contributed by atoms with van der Waals surface area (Å²) in [5.74, 6) is -1.11. The average molecular weight is 481 g/mol. The molecule has 1 saturated heterocycles. The van der Waals surface area contributed by atoms with Crippen molar-refractivity contribution < 1.29 is 29.0 Å². The average Bonchev–Trinajstić information content (AvgIpc) is 3.44. The van der Waals surface area contributed by atoms with E-state index in [1.54, 1.807) is 4.90 Å². The third-order valence-corrected chi connectivity index (χ3v) is 7.14. The summed E-state index contributed by atoms with van der Waals surface area (Å²) in [6.07, 6.45) is 0.697. The molecular weight excluding hydrogens is 448 g/mol. The molecular formula is C27H32N2O6. The van der Waals surface area contributed by atoms with Gasteiger partial charge in [-0.05, 0) is 34.6 Å². The molecule has 186 valence electrons. The Morgan fingerprint density at radius 2 is 1.74 bits per heavy atom. The number of fused-ring (bicyclic) bond motifs is 3. The summed E-state index contributed by atoms with van der Waals surface area (Å²) < 4.78 is 10.7. The van der Waals surface area contributed by atoms with E-state index in [1.807, 2.05) is 31.2 Å². The van der Waals surface area contributed by atoms with Crippen LogP contribution in [0.4, 0.5) is 4.79 Å². The van der Waals surface area contributed by atoms with E-state index in [4.69, 9.17) is 9.47 Å². The van der Waals surface area contributed by atoms with Gasteiger partial charge in [0.15, 0.2) is 5.60 Å². The first-order valence-corrected chi connectivity index (χ1v) is 12.0. The van der Waals surface area contributed by atoms with E-state index < -0.39 is 17.7 Å². The number of hydrogen-bond donors (Lipinski definition) is 2. The molecule has 0 spiro atoms. The number of carbonyl (C=O) groups is 3. The smallest absolute Gasteiger partial charge is 0.407 e. The van der Waals surface area contributed by atoms with Crippen LogP contribution in [0.1, 0.15) is 43.2 Å². The molecule has 2 aliphatic rings.